The van der Waals surface area contributed by atoms with Gasteiger partial charge in [-0.15, -0.1) is 0 Å². The van der Waals surface area contributed by atoms with Crippen LogP contribution in [0, 0.1) is 5.41 Å². The van der Waals surface area contributed by atoms with Gasteiger partial charge in [0.1, 0.15) is 6.61 Å². The second kappa shape index (κ2) is 2.04. The Hall–Kier alpha value is -0.410. The van der Waals surface area contributed by atoms with Crippen LogP contribution in [0.5, 0.6) is 0 Å². The fraction of sp³-hybridized carbons (Fsp3) is 0.857. The Morgan fingerprint density at radius 3 is 2.70 bits per heavy atom. The molecule has 2 fully saturated rings. The fourth-order valence-corrected chi connectivity index (χ4v) is 1.61. The highest BCUT2D eigenvalue weighted by molar-refractivity contribution is 5.81. The molecule has 2 aliphatic rings. The predicted molar refractivity (Wildman–Crippen MR) is 35.7 cm³/mol. The first-order valence-corrected chi connectivity index (χ1v) is 3.61. The molecular weight excluding hydrogens is 130 g/mol. The molecule has 10 heavy (non-hydrogen) atoms. The highest BCUT2D eigenvalue weighted by atomic mass is 16.5. The first-order chi connectivity index (χ1) is 4.81. The Labute approximate surface area is 59.7 Å². The molecule has 0 aromatic carbocycles. The number of rotatable bonds is 0. The first-order valence-electron chi connectivity index (χ1n) is 3.61. The van der Waals surface area contributed by atoms with Crippen molar-refractivity contribution >= 4 is 5.78 Å². The number of nitrogens with one attached hydrogen (secondary N) is 1. The summed E-state index contributed by atoms with van der Waals surface area (Å²) in [6.07, 6.45) is 0.722. The highest BCUT2D eigenvalue weighted by Crippen LogP contribution is 2.30. The smallest absolute Gasteiger partial charge is 0.159 e. The summed E-state index contributed by atoms with van der Waals surface area (Å²) in [7, 11) is 0. The lowest BCUT2D eigenvalue weighted by Gasteiger charge is -2.44. The summed E-state index contributed by atoms with van der Waals surface area (Å²) in [4.78, 5) is 10.9. The summed E-state index contributed by atoms with van der Waals surface area (Å²) in [5, 5.41) is 3.16. The van der Waals surface area contributed by atoms with E-state index in [9.17, 15) is 4.79 Å². The predicted octanol–water partition coefficient (Wildman–Crippen LogP) is -0.435. The maximum atomic E-state index is 10.9. The monoisotopic (exact) mass is 141 g/mol. The van der Waals surface area contributed by atoms with Gasteiger partial charge in [-0.05, 0) is 0 Å². The highest BCUT2D eigenvalue weighted by Gasteiger charge is 2.41. The van der Waals surface area contributed by atoms with Crippen LogP contribution in [0.15, 0.2) is 0 Å². The van der Waals surface area contributed by atoms with Gasteiger partial charge in [0.25, 0.3) is 0 Å². The molecule has 56 valence electrons. The molecule has 0 bridgehead atoms. The van der Waals surface area contributed by atoms with Crippen LogP contribution >= 0.6 is 0 Å². The van der Waals surface area contributed by atoms with Crippen molar-refractivity contribution in [2.45, 2.75) is 6.42 Å². The largest absolute Gasteiger partial charge is 0.373 e. The van der Waals surface area contributed by atoms with Crippen LogP contribution in [0.4, 0.5) is 0 Å². The molecular formula is C7H11NO2. The van der Waals surface area contributed by atoms with Gasteiger partial charge in [-0.25, -0.2) is 0 Å². The zero-order valence-corrected chi connectivity index (χ0v) is 5.85. The molecule has 0 radical (unpaired) electrons. The van der Waals surface area contributed by atoms with Crippen LogP contribution in [0.2, 0.25) is 0 Å². The quantitative estimate of drug-likeness (QED) is 0.497. The number of ketones is 1. The van der Waals surface area contributed by atoms with E-state index in [2.05, 4.69) is 5.32 Å². The van der Waals surface area contributed by atoms with Gasteiger partial charge in [-0.1, -0.05) is 0 Å². The molecule has 3 nitrogen and oxygen atoms in total. The summed E-state index contributed by atoms with van der Waals surface area (Å²) in [6.45, 7) is 3.02. The van der Waals surface area contributed by atoms with E-state index in [0.717, 1.165) is 26.1 Å². The van der Waals surface area contributed by atoms with Gasteiger partial charge in [0.2, 0.25) is 0 Å². The normalized spacial score (nSPS) is 30.2. The molecule has 0 aromatic rings. The molecule has 0 unspecified atom stereocenters. The van der Waals surface area contributed by atoms with Crippen LogP contribution < -0.4 is 5.32 Å². The topological polar surface area (TPSA) is 38.3 Å². The molecule has 2 saturated heterocycles. The molecule has 1 N–H and O–H groups in total. The Kier molecular flexibility index (Phi) is 1.28. The van der Waals surface area contributed by atoms with Gasteiger partial charge in [0.15, 0.2) is 5.78 Å². The third kappa shape index (κ3) is 0.859. The van der Waals surface area contributed by atoms with E-state index in [-0.39, 0.29) is 11.2 Å². The van der Waals surface area contributed by atoms with Crippen LogP contribution in [-0.2, 0) is 9.53 Å². The lowest BCUT2D eigenvalue weighted by molar-refractivity contribution is -0.138. The molecule has 2 aliphatic heterocycles. The second-order valence-corrected chi connectivity index (χ2v) is 3.31. The second-order valence-electron chi connectivity index (χ2n) is 3.31. The number of carbonyl (C=O) groups excluding carboxylic acids is 1. The zero-order valence-electron chi connectivity index (χ0n) is 5.85. The van der Waals surface area contributed by atoms with E-state index in [1.54, 1.807) is 0 Å². The Bertz CT molecular complexity index is 163. The lowest BCUT2D eigenvalue weighted by atomic mass is 9.77. The third-order valence-corrected chi connectivity index (χ3v) is 2.24. The third-order valence-electron chi connectivity index (χ3n) is 2.24. The van der Waals surface area contributed by atoms with Gasteiger partial charge < -0.3 is 10.1 Å². The van der Waals surface area contributed by atoms with Crippen LogP contribution in [0.25, 0.3) is 0 Å². The van der Waals surface area contributed by atoms with Crippen LogP contribution in [0.1, 0.15) is 6.42 Å². The number of hydrogen-bond donors (Lipinski definition) is 1. The molecule has 2 rings (SSSR count). The van der Waals surface area contributed by atoms with E-state index < -0.39 is 0 Å². The minimum atomic E-state index is 0.190. The molecule has 1 spiro atoms. The molecule has 0 saturated carbocycles. The van der Waals surface area contributed by atoms with Crippen molar-refractivity contribution in [3.05, 3.63) is 0 Å². The molecule has 0 amide bonds. The fourth-order valence-electron chi connectivity index (χ4n) is 1.61. The van der Waals surface area contributed by atoms with Crippen molar-refractivity contribution in [2.24, 2.45) is 5.41 Å². The molecule has 2 heterocycles. The first kappa shape index (κ1) is 6.31. The van der Waals surface area contributed by atoms with Gasteiger partial charge in [-0.3, -0.25) is 4.79 Å². The lowest BCUT2D eigenvalue weighted by Crippen LogP contribution is -2.59. The maximum Gasteiger partial charge on any atom is 0.159 e. The minimum absolute atomic E-state index is 0.190. The summed E-state index contributed by atoms with van der Waals surface area (Å²) in [5.41, 5.74) is 0.190. The summed E-state index contributed by atoms with van der Waals surface area (Å²) >= 11 is 0. The van der Waals surface area contributed by atoms with Crippen molar-refractivity contribution in [3.8, 4) is 0 Å². The Balaban J connectivity index is 2.02. The molecule has 0 atom stereocenters. The van der Waals surface area contributed by atoms with Crippen LogP contribution in [0.3, 0.4) is 0 Å². The average molecular weight is 141 g/mol. The number of ether oxygens (including phenoxy) is 1. The zero-order chi connectivity index (χ0) is 7.03. The van der Waals surface area contributed by atoms with E-state index in [1.165, 1.54) is 0 Å². The van der Waals surface area contributed by atoms with Crippen molar-refractivity contribution in [1.82, 2.24) is 5.32 Å². The van der Waals surface area contributed by atoms with Gasteiger partial charge in [-0.2, -0.15) is 0 Å². The summed E-state index contributed by atoms with van der Waals surface area (Å²) in [5.74, 6) is 0.257. The number of Topliss-reactive ketones (excluding diaryl/α,β-unsaturated/α-hetero) is 1. The van der Waals surface area contributed by atoms with Crippen molar-refractivity contribution in [3.63, 3.8) is 0 Å². The van der Waals surface area contributed by atoms with E-state index >= 15 is 0 Å². The van der Waals surface area contributed by atoms with Crippen LogP contribution in [-0.4, -0.2) is 32.1 Å². The average Bonchev–Trinajstić information content (AvgIpc) is 1.85. The number of hydrogen-bond acceptors (Lipinski definition) is 3. The van der Waals surface area contributed by atoms with E-state index in [4.69, 9.17) is 4.74 Å². The minimum Gasteiger partial charge on any atom is -0.373 e. The van der Waals surface area contributed by atoms with E-state index in [1.807, 2.05) is 0 Å². The molecule has 0 aromatic heterocycles. The summed E-state index contributed by atoms with van der Waals surface area (Å²) in [6, 6.07) is 0. The van der Waals surface area contributed by atoms with Crippen molar-refractivity contribution in [2.75, 3.05) is 26.3 Å². The van der Waals surface area contributed by atoms with Gasteiger partial charge in [0.05, 0.1) is 6.61 Å². The Morgan fingerprint density at radius 1 is 1.50 bits per heavy atom. The SMILES string of the molecule is O=C1COCC2(CNC2)C1. The van der Waals surface area contributed by atoms with Gasteiger partial charge >= 0.3 is 0 Å². The summed E-state index contributed by atoms with van der Waals surface area (Å²) < 4.78 is 5.15. The van der Waals surface area contributed by atoms with Gasteiger partial charge in [0, 0.05) is 24.9 Å². The number of carbonyl (C=O) groups is 1. The van der Waals surface area contributed by atoms with Crippen molar-refractivity contribution in [1.29, 1.82) is 0 Å². The maximum absolute atomic E-state index is 10.9. The molecule has 0 aliphatic carbocycles. The van der Waals surface area contributed by atoms with Crippen molar-refractivity contribution < 1.29 is 9.53 Å². The van der Waals surface area contributed by atoms with E-state index in [0.29, 0.717) is 6.61 Å². The molecule has 3 heteroatoms. The standard InChI is InChI=1S/C7H11NO2/c9-6-1-7(3-8-4-7)5-10-2-6/h8H,1-5H2. The Morgan fingerprint density at radius 2 is 2.30 bits per heavy atom.